The van der Waals surface area contributed by atoms with Gasteiger partial charge in [-0.3, -0.25) is 4.79 Å². The molecule has 0 spiro atoms. The van der Waals surface area contributed by atoms with Crippen molar-refractivity contribution in [3.05, 3.63) is 29.3 Å². The van der Waals surface area contributed by atoms with Crippen LogP contribution < -0.4 is 10.1 Å². The predicted octanol–water partition coefficient (Wildman–Crippen LogP) is 3.96. The average molecular weight is 357 g/mol. The molecule has 0 radical (unpaired) electrons. The van der Waals surface area contributed by atoms with E-state index >= 15 is 0 Å². The molecule has 1 N–H and O–H groups in total. The summed E-state index contributed by atoms with van der Waals surface area (Å²) in [4.78, 5) is 11.9. The van der Waals surface area contributed by atoms with E-state index in [1.54, 1.807) is 0 Å². The standard InChI is InChI=1S/C22H31NO3/c1-21(2,3)20(24)26-14-25-16-8-7-15-12-19-17-6-4-5-9-22(17,10-11-23-19)18(15)13-16/h7-8,13,17,19,23H,4-6,9-12,14H2,1-3H3/t17-,19+,22+/m1/s1. The van der Waals surface area contributed by atoms with Gasteiger partial charge in [-0.05, 0) is 82.2 Å². The summed E-state index contributed by atoms with van der Waals surface area (Å²) in [6, 6.07) is 7.12. The van der Waals surface area contributed by atoms with Gasteiger partial charge in [0.2, 0.25) is 6.79 Å². The molecule has 0 amide bonds. The summed E-state index contributed by atoms with van der Waals surface area (Å²) in [5.74, 6) is 1.34. The van der Waals surface area contributed by atoms with Crippen LogP contribution in [0.25, 0.3) is 0 Å². The number of ether oxygens (including phenoxy) is 2. The quantitative estimate of drug-likeness (QED) is 0.657. The number of fused-ring (bicyclic) bond motifs is 1. The van der Waals surface area contributed by atoms with Crippen LogP contribution in [0.2, 0.25) is 0 Å². The maximum Gasteiger partial charge on any atom is 0.314 e. The van der Waals surface area contributed by atoms with E-state index in [4.69, 9.17) is 9.47 Å². The lowest BCUT2D eigenvalue weighted by Gasteiger charge is -2.56. The molecule has 1 aromatic rings. The average Bonchev–Trinajstić information content (AvgIpc) is 2.61. The van der Waals surface area contributed by atoms with Crippen LogP contribution in [0, 0.1) is 11.3 Å². The summed E-state index contributed by atoms with van der Waals surface area (Å²) in [5.41, 5.74) is 2.79. The highest BCUT2D eigenvalue weighted by Gasteiger charge is 2.51. The van der Waals surface area contributed by atoms with E-state index in [1.165, 1.54) is 43.2 Å². The van der Waals surface area contributed by atoms with Crippen molar-refractivity contribution in [2.75, 3.05) is 13.3 Å². The molecule has 4 nitrogen and oxygen atoms in total. The third kappa shape index (κ3) is 3.02. The first-order valence-electron chi connectivity index (χ1n) is 10.1. The maximum atomic E-state index is 11.9. The third-order valence-corrected chi connectivity index (χ3v) is 6.65. The maximum absolute atomic E-state index is 11.9. The van der Waals surface area contributed by atoms with Crippen LogP contribution in [0.15, 0.2) is 18.2 Å². The lowest BCUT2D eigenvalue weighted by molar-refractivity contribution is -0.159. The largest absolute Gasteiger partial charge is 0.457 e. The Morgan fingerprint density at radius 1 is 1.27 bits per heavy atom. The highest BCUT2D eigenvalue weighted by atomic mass is 16.7. The molecule has 26 heavy (non-hydrogen) atoms. The monoisotopic (exact) mass is 357 g/mol. The molecule has 1 heterocycles. The number of rotatable bonds is 3. The van der Waals surface area contributed by atoms with Crippen molar-refractivity contribution in [3.8, 4) is 5.75 Å². The van der Waals surface area contributed by atoms with Crippen molar-refractivity contribution in [2.24, 2.45) is 11.3 Å². The number of carbonyl (C=O) groups is 1. The smallest absolute Gasteiger partial charge is 0.314 e. The second-order valence-electron chi connectivity index (χ2n) is 9.29. The predicted molar refractivity (Wildman–Crippen MR) is 101 cm³/mol. The number of esters is 1. The van der Waals surface area contributed by atoms with Crippen molar-refractivity contribution < 1.29 is 14.3 Å². The zero-order chi connectivity index (χ0) is 18.4. The first-order chi connectivity index (χ1) is 12.4. The SMILES string of the molecule is CC(C)(C)C(=O)OCOc1ccc2c(c1)[C@]13CCCC[C@@H]1[C@H](C2)NCC3. The molecule has 1 aromatic carbocycles. The Kier molecular flexibility index (Phi) is 4.50. The normalized spacial score (nSPS) is 30.1. The van der Waals surface area contributed by atoms with E-state index in [0.717, 1.165) is 24.6 Å². The zero-order valence-corrected chi connectivity index (χ0v) is 16.3. The molecule has 0 aromatic heterocycles. The summed E-state index contributed by atoms with van der Waals surface area (Å²) in [6.07, 6.45) is 7.68. The van der Waals surface area contributed by atoms with E-state index in [9.17, 15) is 4.79 Å². The molecule has 142 valence electrons. The summed E-state index contributed by atoms with van der Waals surface area (Å²) >= 11 is 0. The van der Waals surface area contributed by atoms with E-state index in [2.05, 4.69) is 17.4 Å². The van der Waals surface area contributed by atoms with Gasteiger partial charge in [0.25, 0.3) is 0 Å². The summed E-state index contributed by atoms with van der Waals surface area (Å²) < 4.78 is 11.1. The van der Waals surface area contributed by atoms with Gasteiger partial charge < -0.3 is 14.8 Å². The fraction of sp³-hybridized carbons (Fsp3) is 0.682. The van der Waals surface area contributed by atoms with Gasteiger partial charge in [0.1, 0.15) is 5.75 Å². The molecule has 4 heteroatoms. The van der Waals surface area contributed by atoms with Gasteiger partial charge >= 0.3 is 5.97 Å². The summed E-state index contributed by atoms with van der Waals surface area (Å²) in [6.45, 7) is 6.66. The fourth-order valence-corrected chi connectivity index (χ4v) is 5.36. The minimum atomic E-state index is -0.502. The van der Waals surface area contributed by atoms with E-state index in [1.807, 2.05) is 26.8 Å². The first-order valence-corrected chi connectivity index (χ1v) is 10.1. The molecule has 1 aliphatic heterocycles. The van der Waals surface area contributed by atoms with Gasteiger partial charge in [-0.2, -0.15) is 0 Å². The van der Waals surface area contributed by atoms with Crippen LogP contribution in [0.1, 0.15) is 64.0 Å². The Hall–Kier alpha value is -1.55. The van der Waals surface area contributed by atoms with Crippen LogP contribution in [0.3, 0.4) is 0 Å². The summed E-state index contributed by atoms with van der Waals surface area (Å²) in [5, 5.41) is 3.77. The number of nitrogens with one attached hydrogen (secondary N) is 1. The van der Waals surface area contributed by atoms with Crippen molar-refractivity contribution in [1.82, 2.24) is 5.32 Å². The van der Waals surface area contributed by atoms with Crippen LogP contribution in [0.5, 0.6) is 5.75 Å². The van der Waals surface area contributed by atoms with Crippen molar-refractivity contribution in [3.63, 3.8) is 0 Å². The van der Waals surface area contributed by atoms with E-state index in [0.29, 0.717) is 11.5 Å². The highest BCUT2D eigenvalue weighted by molar-refractivity contribution is 5.75. The second kappa shape index (κ2) is 6.56. The van der Waals surface area contributed by atoms with Crippen LogP contribution in [-0.4, -0.2) is 25.3 Å². The van der Waals surface area contributed by atoms with Crippen molar-refractivity contribution >= 4 is 5.97 Å². The zero-order valence-electron chi connectivity index (χ0n) is 16.3. The number of piperidine rings is 1. The van der Waals surface area contributed by atoms with Crippen LogP contribution >= 0.6 is 0 Å². The minimum absolute atomic E-state index is 0.0184. The molecule has 1 saturated heterocycles. The molecule has 1 saturated carbocycles. The van der Waals surface area contributed by atoms with Gasteiger partial charge in [-0.1, -0.05) is 18.9 Å². The molecule has 4 rings (SSSR count). The van der Waals surface area contributed by atoms with Gasteiger partial charge in [-0.25, -0.2) is 0 Å². The molecule has 2 bridgehead atoms. The molecule has 0 unspecified atom stereocenters. The van der Waals surface area contributed by atoms with Gasteiger partial charge in [0.15, 0.2) is 0 Å². The topological polar surface area (TPSA) is 47.6 Å². The third-order valence-electron chi connectivity index (χ3n) is 6.65. The molecule has 2 aliphatic carbocycles. The molecular formula is C22H31NO3. The Morgan fingerprint density at radius 2 is 2.12 bits per heavy atom. The number of benzene rings is 1. The Morgan fingerprint density at radius 3 is 2.92 bits per heavy atom. The molecule has 3 atom stereocenters. The lowest BCUT2D eigenvalue weighted by Crippen LogP contribution is -2.59. The summed E-state index contributed by atoms with van der Waals surface area (Å²) in [7, 11) is 0. The molecular weight excluding hydrogens is 326 g/mol. The number of hydrogen-bond acceptors (Lipinski definition) is 4. The Bertz CT molecular complexity index is 689. The molecule has 3 aliphatic rings. The van der Waals surface area contributed by atoms with Gasteiger partial charge in [-0.15, -0.1) is 0 Å². The fourth-order valence-electron chi connectivity index (χ4n) is 5.36. The Balaban J connectivity index is 1.54. The van der Waals surface area contributed by atoms with E-state index in [-0.39, 0.29) is 12.8 Å². The van der Waals surface area contributed by atoms with Crippen molar-refractivity contribution in [2.45, 2.75) is 70.8 Å². The lowest BCUT2D eigenvalue weighted by atomic mass is 9.53. The highest BCUT2D eigenvalue weighted by Crippen LogP contribution is 2.54. The van der Waals surface area contributed by atoms with Gasteiger partial charge in [0.05, 0.1) is 5.41 Å². The number of hydrogen-bond donors (Lipinski definition) is 1. The second-order valence-corrected chi connectivity index (χ2v) is 9.29. The number of carbonyl (C=O) groups excluding carboxylic acids is 1. The minimum Gasteiger partial charge on any atom is -0.457 e. The van der Waals surface area contributed by atoms with Crippen LogP contribution in [-0.2, 0) is 21.4 Å². The first kappa shape index (κ1) is 17.8. The Labute approximate surface area is 156 Å². The van der Waals surface area contributed by atoms with Gasteiger partial charge in [0, 0.05) is 11.5 Å². The molecule has 2 fully saturated rings. The van der Waals surface area contributed by atoms with E-state index < -0.39 is 5.41 Å². The van der Waals surface area contributed by atoms with Crippen molar-refractivity contribution in [1.29, 1.82) is 0 Å². The van der Waals surface area contributed by atoms with Crippen LogP contribution in [0.4, 0.5) is 0 Å².